The van der Waals surface area contributed by atoms with E-state index in [1.54, 1.807) is 6.20 Å². The van der Waals surface area contributed by atoms with Crippen molar-refractivity contribution in [2.45, 2.75) is 18.9 Å². The van der Waals surface area contributed by atoms with Crippen LogP contribution in [0.3, 0.4) is 0 Å². The molecule has 2 aromatic rings. The van der Waals surface area contributed by atoms with Crippen LogP contribution in [0.5, 0.6) is 0 Å². The standard InChI is InChI=1S/C14H18N2O2S/c1-19(17,18)9-3-5-13(15)11-6-7-14-12(10-11)4-2-8-16-14/h2,4,6-8,10,13H,3,5,9,15H2,1H3. The van der Waals surface area contributed by atoms with Gasteiger partial charge in [0.15, 0.2) is 0 Å². The third-order valence-corrected chi connectivity index (χ3v) is 4.12. The first-order valence-corrected chi connectivity index (χ1v) is 8.30. The molecule has 102 valence electrons. The lowest BCUT2D eigenvalue weighted by atomic mass is 10.0. The minimum Gasteiger partial charge on any atom is -0.324 e. The van der Waals surface area contributed by atoms with Gasteiger partial charge in [0.1, 0.15) is 9.84 Å². The van der Waals surface area contributed by atoms with Crippen LogP contribution in [0.15, 0.2) is 36.5 Å². The number of rotatable bonds is 5. The molecule has 5 heteroatoms. The molecule has 19 heavy (non-hydrogen) atoms. The fraction of sp³-hybridized carbons (Fsp3) is 0.357. The van der Waals surface area contributed by atoms with Gasteiger partial charge in [0.25, 0.3) is 0 Å². The molecule has 0 amide bonds. The van der Waals surface area contributed by atoms with Crippen molar-refractivity contribution in [1.29, 1.82) is 0 Å². The molecule has 0 aliphatic rings. The average molecular weight is 278 g/mol. The molecule has 4 nitrogen and oxygen atoms in total. The summed E-state index contributed by atoms with van der Waals surface area (Å²) in [5.41, 5.74) is 8.06. The number of hydrogen-bond donors (Lipinski definition) is 1. The summed E-state index contributed by atoms with van der Waals surface area (Å²) in [7, 11) is -2.90. The van der Waals surface area contributed by atoms with Gasteiger partial charge in [-0.3, -0.25) is 4.98 Å². The lowest BCUT2D eigenvalue weighted by Gasteiger charge is -2.12. The highest BCUT2D eigenvalue weighted by Crippen LogP contribution is 2.20. The summed E-state index contributed by atoms with van der Waals surface area (Å²) in [5, 5.41) is 1.05. The van der Waals surface area contributed by atoms with Crippen LogP contribution in [-0.4, -0.2) is 25.4 Å². The summed E-state index contributed by atoms with van der Waals surface area (Å²) in [6.07, 6.45) is 4.26. The zero-order chi connectivity index (χ0) is 13.9. The van der Waals surface area contributed by atoms with Gasteiger partial charge in [-0.1, -0.05) is 12.1 Å². The second kappa shape index (κ2) is 5.67. The van der Waals surface area contributed by atoms with E-state index in [9.17, 15) is 8.42 Å². The summed E-state index contributed by atoms with van der Waals surface area (Å²) in [6.45, 7) is 0. The van der Waals surface area contributed by atoms with E-state index >= 15 is 0 Å². The zero-order valence-corrected chi connectivity index (χ0v) is 11.7. The summed E-state index contributed by atoms with van der Waals surface area (Å²) in [4.78, 5) is 4.26. The van der Waals surface area contributed by atoms with Gasteiger partial charge in [0.05, 0.1) is 5.52 Å². The molecule has 0 spiro atoms. The Morgan fingerprint density at radius 3 is 2.84 bits per heavy atom. The van der Waals surface area contributed by atoms with Gasteiger partial charge in [-0.15, -0.1) is 0 Å². The van der Waals surface area contributed by atoms with Crippen LogP contribution < -0.4 is 5.73 Å². The lowest BCUT2D eigenvalue weighted by Crippen LogP contribution is -2.12. The van der Waals surface area contributed by atoms with Crippen LogP contribution >= 0.6 is 0 Å². The zero-order valence-electron chi connectivity index (χ0n) is 10.9. The normalized spacial score (nSPS) is 13.6. The third-order valence-electron chi connectivity index (χ3n) is 3.09. The maximum atomic E-state index is 11.1. The predicted molar refractivity (Wildman–Crippen MR) is 77.6 cm³/mol. The molecular formula is C14H18N2O2S. The Labute approximate surface area is 113 Å². The Kier molecular flexibility index (Phi) is 4.17. The molecule has 0 aliphatic carbocycles. The number of nitrogens with two attached hydrogens (primary N) is 1. The monoisotopic (exact) mass is 278 g/mol. The number of pyridine rings is 1. The van der Waals surface area contributed by atoms with Gasteiger partial charge in [-0.05, 0) is 36.6 Å². The van der Waals surface area contributed by atoms with Crippen LogP contribution in [0, 0.1) is 0 Å². The van der Waals surface area contributed by atoms with Crippen LogP contribution in [0.2, 0.25) is 0 Å². The molecule has 2 rings (SSSR count). The van der Waals surface area contributed by atoms with Crippen LogP contribution in [0.25, 0.3) is 10.9 Å². The maximum Gasteiger partial charge on any atom is 0.147 e. The van der Waals surface area contributed by atoms with Crippen LogP contribution in [0.1, 0.15) is 24.4 Å². The van der Waals surface area contributed by atoms with Crippen molar-refractivity contribution in [3.8, 4) is 0 Å². The van der Waals surface area contributed by atoms with Crippen molar-refractivity contribution >= 4 is 20.7 Å². The number of benzene rings is 1. The molecule has 1 aromatic carbocycles. The highest BCUT2D eigenvalue weighted by atomic mass is 32.2. The molecule has 1 atom stereocenters. The van der Waals surface area contributed by atoms with Gasteiger partial charge in [-0.25, -0.2) is 8.42 Å². The Bertz CT molecular complexity index is 668. The summed E-state index contributed by atoms with van der Waals surface area (Å²) in [6, 6.07) is 9.68. The SMILES string of the molecule is CS(=O)(=O)CCCC(N)c1ccc2ncccc2c1. The quantitative estimate of drug-likeness (QED) is 0.908. The van der Waals surface area contributed by atoms with Gasteiger partial charge in [-0.2, -0.15) is 0 Å². The molecule has 0 saturated heterocycles. The van der Waals surface area contributed by atoms with Gasteiger partial charge in [0, 0.05) is 29.6 Å². The summed E-state index contributed by atoms with van der Waals surface area (Å²) in [5.74, 6) is 0.190. The topological polar surface area (TPSA) is 73.0 Å². The van der Waals surface area contributed by atoms with E-state index in [2.05, 4.69) is 4.98 Å². The number of sulfone groups is 1. The van der Waals surface area contributed by atoms with E-state index in [4.69, 9.17) is 5.73 Å². The van der Waals surface area contributed by atoms with Crippen molar-refractivity contribution in [2.75, 3.05) is 12.0 Å². The number of nitrogens with zero attached hydrogens (tertiary/aromatic N) is 1. The van der Waals surface area contributed by atoms with Crippen molar-refractivity contribution < 1.29 is 8.42 Å². The highest BCUT2D eigenvalue weighted by molar-refractivity contribution is 7.90. The summed E-state index contributed by atoms with van der Waals surface area (Å²) < 4.78 is 22.1. The smallest absolute Gasteiger partial charge is 0.147 e. The molecule has 1 aromatic heterocycles. The van der Waals surface area contributed by atoms with E-state index in [0.717, 1.165) is 16.5 Å². The Hall–Kier alpha value is -1.46. The number of hydrogen-bond acceptors (Lipinski definition) is 4. The molecule has 2 N–H and O–H groups in total. The minimum atomic E-state index is -2.90. The van der Waals surface area contributed by atoms with Crippen molar-refractivity contribution in [3.05, 3.63) is 42.1 Å². The molecular weight excluding hydrogens is 260 g/mol. The van der Waals surface area contributed by atoms with Gasteiger partial charge < -0.3 is 5.73 Å². The van der Waals surface area contributed by atoms with Crippen LogP contribution in [-0.2, 0) is 9.84 Å². The maximum absolute atomic E-state index is 11.1. The lowest BCUT2D eigenvalue weighted by molar-refractivity contribution is 0.588. The molecule has 1 unspecified atom stereocenters. The molecule has 1 heterocycles. The largest absolute Gasteiger partial charge is 0.324 e. The third kappa shape index (κ3) is 4.01. The van der Waals surface area contributed by atoms with E-state index in [1.807, 2.05) is 30.3 Å². The Morgan fingerprint density at radius 1 is 1.32 bits per heavy atom. The fourth-order valence-corrected chi connectivity index (χ4v) is 2.75. The molecule has 0 fully saturated rings. The number of aromatic nitrogens is 1. The van der Waals surface area contributed by atoms with E-state index in [0.29, 0.717) is 12.8 Å². The molecule has 0 radical (unpaired) electrons. The second-order valence-corrected chi connectivity index (χ2v) is 7.09. The first-order valence-electron chi connectivity index (χ1n) is 6.24. The predicted octanol–water partition coefficient (Wildman–Crippen LogP) is 2.06. The van der Waals surface area contributed by atoms with Crippen molar-refractivity contribution in [1.82, 2.24) is 4.98 Å². The van der Waals surface area contributed by atoms with E-state index < -0.39 is 9.84 Å². The first-order chi connectivity index (χ1) is 8.96. The minimum absolute atomic E-state index is 0.133. The number of fused-ring (bicyclic) bond motifs is 1. The van der Waals surface area contributed by atoms with Crippen molar-refractivity contribution in [2.24, 2.45) is 5.73 Å². The van der Waals surface area contributed by atoms with E-state index in [1.165, 1.54) is 6.26 Å². The van der Waals surface area contributed by atoms with Crippen molar-refractivity contribution in [3.63, 3.8) is 0 Å². The van der Waals surface area contributed by atoms with Crippen LogP contribution in [0.4, 0.5) is 0 Å². The Morgan fingerprint density at radius 2 is 2.11 bits per heavy atom. The van der Waals surface area contributed by atoms with Gasteiger partial charge in [0.2, 0.25) is 0 Å². The Balaban J connectivity index is 2.06. The van der Waals surface area contributed by atoms with E-state index in [-0.39, 0.29) is 11.8 Å². The van der Waals surface area contributed by atoms with Gasteiger partial charge >= 0.3 is 0 Å². The first kappa shape index (κ1) is 14.0. The summed E-state index contributed by atoms with van der Waals surface area (Å²) >= 11 is 0. The highest BCUT2D eigenvalue weighted by Gasteiger charge is 2.09. The molecule has 0 saturated carbocycles. The molecule has 0 bridgehead atoms. The average Bonchev–Trinajstić information content (AvgIpc) is 2.36. The molecule has 0 aliphatic heterocycles. The second-order valence-electron chi connectivity index (χ2n) is 4.83. The fourth-order valence-electron chi connectivity index (χ4n) is 2.06.